The van der Waals surface area contributed by atoms with E-state index in [4.69, 9.17) is 0 Å². The zero-order valence-electron chi connectivity index (χ0n) is 15.1. The fraction of sp³-hybridized carbons (Fsp3) is 0.158. The number of carbonyl (C=O) groups excluding carboxylic acids is 1. The fourth-order valence-corrected chi connectivity index (χ4v) is 3.03. The number of carbonyl (C=O) groups is 1. The lowest BCUT2D eigenvalue weighted by atomic mass is 9.98. The number of benzene rings is 2. The standard InChI is InChI=1S/C19H11BrF6N2O3/c20-11-3-6-14(28-8-7-15(27-28)18(21,22)23)13(9-11)17(30)16(29)10-1-4-12(5-2-10)31-19(24,25)26/h1-9,16,29H. The smallest absolute Gasteiger partial charge is 0.406 e. The van der Waals surface area contributed by atoms with Crippen LogP contribution >= 0.6 is 15.9 Å². The maximum absolute atomic E-state index is 12.9. The van der Waals surface area contributed by atoms with Gasteiger partial charge in [0.25, 0.3) is 0 Å². The summed E-state index contributed by atoms with van der Waals surface area (Å²) in [5.41, 5.74) is -1.40. The Morgan fingerprint density at radius 2 is 1.68 bits per heavy atom. The number of halogens is 7. The van der Waals surface area contributed by atoms with Gasteiger partial charge in [0, 0.05) is 16.2 Å². The first kappa shape index (κ1) is 22.8. The van der Waals surface area contributed by atoms with E-state index in [9.17, 15) is 36.2 Å². The lowest BCUT2D eigenvalue weighted by Gasteiger charge is -2.15. The molecule has 0 bridgehead atoms. The van der Waals surface area contributed by atoms with Crippen LogP contribution in [0.15, 0.2) is 59.2 Å². The Balaban J connectivity index is 1.92. The molecule has 3 aromatic rings. The highest BCUT2D eigenvalue weighted by atomic mass is 79.9. The Kier molecular flexibility index (Phi) is 6.14. The van der Waals surface area contributed by atoms with Gasteiger partial charge in [0.2, 0.25) is 0 Å². The Morgan fingerprint density at radius 3 is 2.23 bits per heavy atom. The highest BCUT2D eigenvalue weighted by molar-refractivity contribution is 9.10. The van der Waals surface area contributed by atoms with Crippen LogP contribution in [0.4, 0.5) is 26.3 Å². The molecule has 3 rings (SSSR count). The number of aliphatic hydroxyl groups excluding tert-OH is 1. The molecule has 1 N–H and O–H groups in total. The van der Waals surface area contributed by atoms with E-state index in [0.29, 0.717) is 4.47 Å². The third-order valence-electron chi connectivity index (χ3n) is 4.03. The molecule has 1 unspecified atom stereocenters. The first-order valence-corrected chi connectivity index (χ1v) is 9.15. The molecule has 0 aliphatic heterocycles. The van der Waals surface area contributed by atoms with Crippen LogP contribution in [0.5, 0.6) is 5.75 Å². The van der Waals surface area contributed by atoms with Crippen molar-refractivity contribution in [2.45, 2.75) is 18.6 Å². The maximum Gasteiger partial charge on any atom is 0.573 e. The van der Waals surface area contributed by atoms with Crippen molar-refractivity contribution in [2.75, 3.05) is 0 Å². The third-order valence-corrected chi connectivity index (χ3v) is 4.52. The van der Waals surface area contributed by atoms with Crippen molar-refractivity contribution in [3.8, 4) is 11.4 Å². The summed E-state index contributed by atoms with van der Waals surface area (Å²) in [7, 11) is 0. The van der Waals surface area contributed by atoms with Crippen molar-refractivity contribution in [1.82, 2.24) is 9.78 Å². The van der Waals surface area contributed by atoms with E-state index in [-0.39, 0.29) is 16.8 Å². The number of aliphatic hydroxyl groups is 1. The minimum absolute atomic E-state index is 0.0280. The quantitative estimate of drug-likeness (QED) is 0.366. The molecule has 1 heterocycles. The molecule has 0 aliphatic carbocycles. The molecule has 2 aromatic carbocycles. The van der Waals surface area contributed by atoms with E-state index in [2.05, 4.69) is 25.8 Å². The Labute approximate surface area is 179 Å². The van der Waals surface area contributed by atoms with Gasteiger partial charge in [0.05, 0.1) is 5.69 Å². The molecular weight excluding hydrogens is 498 g/mol. The normalized spacial score (nSPS) is 13.2. The molecule has 0 spiro atoms. The SMILES string of the molecule is O=C(c1cc(Br)ccc1-n1ccc(C(F)(F)F)n1)C(O)c1ccc(OC(F)(F)F)cc1. The molecule has 164 valence electrons. The number of ether oxygens (including phenoxy) is 1. The van der Waals surface area contributed by atoms with Crippen LogP contribution in [0.1, 0.15) is 27.7 Å². The molecule has 12 heteroatoms. The van der Waals surface area contributed by atoms with Gasteiger partial charge in [-0.1, -0.05) is 28.1 Å². The predicted molar refractivity (Wildman–Crippen MR) is 98.7 cm³/mol. The number of alkyl halides is 6. The van der Waals surface area contributed by atoms with E-state index in [0.717, 1.165) is 41.2 Å². The lowest BCUT2D eigenvalue weighted by molar-refractivity contribution is -0.274. The topological polar surface area (TPSA) is 64.4 Å². The van der Waals surface area contributed by atoms with Gasteiger partial charge in [-0.25, -0.2) is 4.68 Å². The average molecular weight is 509 g/mol. The zero-order chi connectivity index (χ0) is 23.0. The predicted octanol–water partition coefficient (Wildman–Crippen LogP) is 5.47. The molecule has 5 nitrogen and oxygen atoms in total. The summed E-state index contributed by atoms with van der Waals surface area (Å²) in [6.45, 7) is 0. The molecule has 1 aromatic heterocycles. The molecule has 0 fully saturated rings. The number of aromatic nitrogens is 2. The summed E-state index contributed by atoms with van der Waals surface area (Å²) in [5, 5.41) is 13.8. The van der Waals surface area contributed by atoms with Crippen molar-refractivity contribution in [3.63, 3.8) is 0 Å². The van der Waals surface area contributed by atoms with Crippen molar-refractivity contribution < 1.29 is 41.0 Å². The van der Waals surface area contributed by atoms with Gasteiger partial charge in [-0.05, 0) is 42.0 Å². The second-order valence-corrected chi connectivity index (χ2v) is 7.10. The summed E-state index contributed by atoms with van der Waals surface area (Å²) in [4.78, 5) is 12.9. The maximum atomic E-state index is 12.9. The van der Waals surface area contributed by atoms with Crippen LogP contribution < -0.4 is 4.74 Å². The fourth-order valence-electron chi connectivity index (χ4n) is 2.67. The van der Waals surface area contributed by atoms with Crippen LogP contribution in [0.2, 0.25) is 0 Å². The number of ketones is 1. The van der Waals surface area contributed by atoms with Crippen LogP contribution in [0.25, 0.3) is 5.69 Å². The second-order valence-electron chi connectivity index (χ2n) is 6.19. The number of hydrogen-bond donors (Lipinski definition) is 1. The van der Waals surface area contributed by atoms with Gasteiger partial charge in [0.15, 0.2) is 11.5 Å². The van der Waals surface area contributed by atoms with Gasteiger partial charge in [-0.2, -0.15) is 18.3 Å². The molecule has 31 heavy (non-hydrogen) atoms. The zero-order valence-corrected chi connectivity index (χ0v) is 16.7. The van der Waals surface area contributed by atoms with Crippen LogP contribution in [0.3, 0.4) is 0 Å². The highest BCUT2D eigenvalue weighted by Crippen LogP contribution is 2.31. The van der Waals surface area contributed by atoms with E-state index in [1.54, 1.807) is 0 Å². The van der Waals surface area contributed by atoms with Crippen molar-refractivity contribution in [2.24, 2.45) is 0 Å². The van der Waals surface area contributed by atoms with Crippen LogP contribution in [-0.2, 0) is 6.18 Å². The average Bonchev–Trinajstić information content (AvgIpc) is 3.16. The molecule has 0 saturated carbocycles. The highest BCUT2D eigenvalue weighted by Gasteiger charge is 2.34. The summed E-state index contributed by atoms with van der Waals surface area (Å²) in [6.07, 6.45) is -10.4. The summed E-state index contributed by atoms with van der Waals surface area (Å²) >= 11 is 3.15. The molecular formula is C19H11BrF6N2O3. The summed E-state index contributed by atoms with van der Waals surface area (Å²) < 4.78 is 80.3. The Bertz CT molecular complexity index is 1090. The first-order valence-electron chi connectivity index (χ1n) is 8.36. The number of hydrogen-bond acceptors (Lipinski definition) is 4. The van der Waals surface area contributed by atoms with E-state index >= 15 is 0 Å². The van der Waals surface area contributed by atoms with E-state index in [1.807, 2.05) is 0 Å². The monoisotopic (exact) mass is 508 g/mol. The van der Waals surface area contributed by atoms with Gasteiger partial charge in [-0.15, -0.1) is 13.2 Å². The van der Waals surface area contributed by atoms with Crippen LogP contribution in [-0.4, -0.2) is 27.0 Å². The molecule has 0 aliphatic rings. The number of nitrogens with zero attached hydrogens (tertiary/aromatic N) is 2. The summed E-state index contributed by atoms with van der Waals surface area (Å²) in [6, 6.07) is 8.79. The van der Waals surface area contributed by atoms with Gasteiger partial charge >= 0.3 is 12.5 Å². The largest absolute Gasteiger partial charge is 0.573 e. The molecule has 0 radical (unpaired) electrons. The Morgan fingerprint density at radius 1 is 1.03 bits per heavy atom. The van der Waals surface area contributed by atoms with Crippen molar-refractivity contribution in [1.29, 1.82) is 0 Å². The number of rotatable bonds is 5. The van der Waals surface area contributed by atoms with Gasteiger partial charge < -0.3 is 9.84 Å². The van der Waals surface area contributed by atoms with E-state index < -0.39 is 35.9 Å². The molecule has 0 amide bonds. The van der Waals surface area contributed by atoms with Gasteiger partial charge in [-0.3, -0.25) is 4.79 Å². The second kappa shape index (κ2) is 8.35. The molecule has 1 atom stereocenters. The Hall–Kier alpha value is -2.86. The molecule has 0 saturated heterocycles. The first-order chi connectivity index (χ1) is 14.3. The minimum atomic E-state index is -4.90. The van der Waals surface area contributed by atoms with Crippen LogP contribution in [0, 0.1) is 0 Å². The van der Waals surface area contributed by atoms with Gasteiger partial charge in [0.1, 0.15) is 11.9 Å². The third kappa shape index (κ3) is 5.44. The van der Waals surface area contributed by atoms with Crippen molar-refractivity contribution in [3.05, 3.63) is 76.0 Å². The number of Topliss-reactive ketones (excluding diaryl/α,β-unsaturated/α-hetero) is 1. The summed E-state index contributed by atoms with van der Waals surface area (Å²) in [5.74, 6) is -1.44. The van der Waals surface area contributed by atoms with E-state index in [1.165, 1.54) is 18.2 Å². The minimum Gasteiger partial charge on any atom is -0.406 e. The van der Waals surface area contributed by atoms with Crippen molar-refractivity contribution >= 4 is 21.7 Å². The lowest BCUT2D eigenvalue weighted by Crippen LogP contribution is -2.18.